The van der Waals surface area contributed by atoms with Gasteiger partial charge in [-0.2, -0.15) is 0 Å². The third kappa shape index (κ3) is 4.15. The van der Waals surface area contributed by atoms with Crippen molar-refractivity contribution in [3.05, 3.63) is 34.1 Å². The van der Waals surface area contributed by atoms with Crippen molar-refractivity contribution < 1.29 is 9.18 Å². The van der Waals surface area contributed by atoms with Crippen molar-refractivity contribution in [1.82, 2.24) is 0 Å². The largest absolute Gasteiger partial charge is 0.299 e. The summed E-state index contributed by atoms with van der Waals surface area (Å²) in [4.78, 5) is 12.4. The van der Waals surface area contributed by atoms with Crippen molar-refractivity contribution in [3.8, 4) is 0 Å². The molecule has 0 heterocycles. The van der Waals surface area contributed by atoms with Crippen LogP contribution in [0.15, 0.2) is 22.7 Å². The molecule has 116 valence electrons. The third-order valence-electron chi connectivity index (χ3n) is 4.80. The van der Waals surface area contributed by atoms with Gasteiger partial charge in [-0.05, 0) is 64.6 Å². The Hall–Kier alpha value is -0.700. The molecule has 0 bridgehead atoms. The van der Waals surface area contributed by atoms with Crippen LogP contribution in [0.3, 0.4) is 0 Å². The van der Waals surface area contributed by atoms with Crippen molar-refractivity contribution in [2.45, 2.75) is 52.9 Å². The maximum absolute atomic E-state index is 13.5. The standard InChI is InChI=1S/C18H24BrFO/c1-18(2,3)14-9-7-12(8-10-14)16(21)11-13-5-4-6-15(20)17(13)19/h4-6,12,14H,7-11H2,1-3H3. The van der Waals surface area contributed by atoms with Crippen molar-refractivity contribution in [3.63, 3.8) is 0 Å². The predicted octanol–water partition coefficient (Wildman–Crippen LogP) is 5.55. The molecule has 3 heteroatoms. The monoisotopic (exact) mass is 354 g/mol. The van der Waals surface area contributed by atoms with Crippen LogP contribution < -0.4 is 0 Å². The number of ketones is 1. The second kappa shape index (κ2) is 6.60. The van der Waals surface area contributed by atoms with Crippen molar-refractivity contribution >= 4 is 21.7 Å². The zero-order valence-electron chi connectivity index (χ0n) is 13.1. The van der Waals surface area contributed by atoms with E-state index < -0.39 is 0 Å². The van der Waals surface area contributed by atoms with Crippen LogP contribution in [0.1, 0.15) is 52.0 Å². The first-order chi connectivity index (χ1) is 9.79. The molecule has 1 aromatic carbocycles. The lowest BCUT2D eigenvalue weighted by Gasteiger charge is -2.36. The summed E-state index contributed by atoms with van der Waals surface area (Å²) in [7, 11) is 0. The highest BCUT2D eigenvalue weighted by molar-refractivity contribution is 9.10. The van der Waals surface area contributed by atoms with Gasteiger partial charge in [0, 0.05) is 12.3 Å². The molecular weight excluding hydrogens is 331 g/mol. The minimum absolute atomic E-state index is 0.152. The molecule has 0 N–H and O–H groups in total. The van der Waals surface area contributed by atoms with Crippen LogP contribution in [0.25, 0.3) is 0 Å². The summed E-state index contributed by atoms with van der Waals surface area (Å²) >= 11 is 3.24. The molecule has 0 amide bonds. The number of carbonyl (C=O) groups is 1. The van der Waals surface area contributed by atoms with Crippen LogP contribution >= 0.6 is 15.9 Å². The maximum Gasteiger partial charge on any atom is 0.140 e. The first-order valence-corrected chi connectivity index (χ1v) is 8.54. The van der Waals surface area contributed by atoms with Gasteiger partial charge in [-0.1, -0.05) is 32.9 Å². The number of halogens is 2. The van der Waals surface area contributed by atoms with Gasteiger partial charge in [0.1, 0.15) is 11.6 Å². The Balaban J connectivity index is 1.95. The quantitative estimate of drug-likeness (QED) is 0.695. The molecule has 0 atom stereocenters. The molecule has 0 spiro atoms. The number of hydrogen-bond donors (Lipinski definition) is 0. The number of rotatable bonds is 3. The van der Waals surface area contributed by atoms with Gasteiger partial charge in [0.2, 0.25) is 0 Å². The lowest BCUT2D eigenvalue weighted by Crippen LogP contribution is -2.29. The van der Waals surface area contributed by atoms with Gasteiger partial charge >= 0.3 is 0 Å². The molecular formula is C18H24BrFO. The van der Waals surface area contributed by atoms with Gasteiger partial charge in [0.25, 0.3) is 0 Å². The van der Waals surface area contributed by atoms with Crippen molar-refractivity contribution in [2.75, 3.05) is 0 Å². The summed E-state index contributed by atoms with van der Waals surface area (Å²) in [6.07, 6.45) is 4.55. The Morgan fingerprint density at radius 1 is 1.24 bits per heavy atom. The molecule has 0 saturated heterocycles. The van der Waals surface area contributed by atoms with Crippen LogP contribution in [0.4, 0.5) is 4.39 Å². The van der Waals surface area contributed by atoms with Gasteiger partial charge in [-0.25, -0.2) is 4.39 Å². The fourth-order valence-electron chi connectivity index (χ4n) is 3.30. The van der Waals surface area contributed by atoms with Gasteiger partial charge in [0.05, 0.1) is 4.47 Å². The summed E-state index contributed by atoms with van der Waals surface area (Å²) in [5, 5.41) is 0. The highest BCUT2D eigenvalue weighted by Crippen LogP contribution is 2.40. The molecule has 1 aromatic rings. The molecule has 2 rings (SSSR count). The summed E-state index contributed by atoms with van der Waals surface area (Å²) in [5.74, 6) is 0.826. The van der Waals surface area contributed by atoms with Gasteiger partial charge in [-0.15, -0.1) is 0 Å². The average Bonchev–Trinajstić information content (AvgIpc) is 2.43. The molecule has 0 unspecified atom stereocenters. The summed E-state index contributed by atoms with van der Waals surface area (Å²) < 4.78 is 13.9. The Kier molecular flexibility index (Phi) is 5.24. The van der Waals surface area contributed by atoms with E-state index in [1.807, 2.05) is 6.07 Å². The molecule has 1 aliphatic carbocycles. The van der Waals surface area contributed by atoms with Crippen molar-refractivity contribution in [2.24, 2.45) is 17.3 Å². The van der Waals surface area contributed by atoms with Crippen molar-refractivity contribution in [1.29, 1.82) is 0 Å². The Bertz CT molecular complexity index is 510. The number of Topliss-reactive ketones (excluding diaryl/α,β-unsaturated/α-hetero) is 1. The zero-order valence-corrected chi connectivity index (χ0v) is 14.7. The Morgan fingerprint density at radius 3 is 2.43 bits per heavy atom. The second-order valence-electron chi connectivity index (χ2n) is 7.27. The summed E-state index contributed by atoms with van der Waals surface area (Å²) in [5.41, 5.74) is 1.09. The topological polar surface area (TPSA) is 17.1 Å². The van der Waals surface area contributed by atoms with E-state index in [4.69, 9.17) is 0 Å². The SMILES string of the molecule is CC(C)(C)C1CCC(C(=O)Cc2cccc(F)c2Br)CC1. The van der Waals surface area contributed by atoms with E-state index >= 15 is 0 Å². The number of carbonyl (C=O) groups excluding carboxylic acids is 1. The maximum atomic E-state index is 13.5. The molecule has 1 saturated carbocycles. The van der Waals surface area contributed by atoms with Crippen LogP contribution in [-0.2, 0) is 11.2 Å². The van der Waals surface area contributed by atoms with Crippen LogP contribution in [0.2, 0.25) is 0 Å². The van der Waals surface area contributed by atoms with Gasteiger partial charge < -0.3 is 0 Å². The molecule has 21 heavy (non-hydrogen) atoms. The van der Waals surface area contributed by atoms with E-state index in [0.29, 0.717) is 22.2 Å². The fourth-order valence-corrected chi connectivity index (χ4v) is 3.70. The summed E-state index contributed by atoms with van der Waals surface area (Å²) in [6.45, 7) is 6.84. The first kappa shape index (κ1) is 16.7. The molecule has 1 aliphatic rings. The number of hydrogen-bond acceptors (Lipinski definition) is 1. The molecule has 0 aromatic heterocycles. The van der Waals surface area contributed by atoms with Crippen LogP contribution in [0.5, 0.6) is 0 Å². The molecule has 0 radical (unpaired) electrons. The summed E-state index contributed by atoms with van der Waals surface area (Å²) in [6, 6.07) is 4.90. The lowest BCUT2D eigenvalue weighted by atomic mass is 9.69. The van der Waals surface area contributed by atoms with E-state index in [-0.39, 0.29) is 17.5 Å². The third-order valence-corrected chi connectivity index (χ3v) is 5.69. The second-order valence-corrected chi connectivity index (χ2v) is 8.06. The fraction of sp³-hybridized carbons (Fsp3) is 0.611. The molecule has 0 aliphatic heterocycles. The minimum atomic E-state index is -0.295. The minimum Gasteiger partial charge on any atom is -0.299 e. The zero-order chi connectivity index (χ0) is 15.6. The highest BCUT2D eigenvalue weighted by Gasteiger charge is 2.32. The average molecular weight is 355 g/mol. The number of benzene rings is 1. The normalized spacial score (nSPS) is 23.1. The van der Waals surface area contributed by atoms with Gasteiger partial charge in [-0.3, -0.25) is 4.79 Å². The van der Waals surface area contributed by atoms with E-state index in [2.05, 4.69) is 36.7 Å². The predicted molar refractivity (Wildman–Crippen MR) is 87.7 cm³/mol. The van der Waals surface area contributed by atoms with Crippen LogP contribution in [-0.4, -0.2) is 5.78 Å². The Morgan fingerprint density at radius 2 is 1.86 bits per heavy atom. The van der Waals surface area contributed by atoms with Crippen LogP contribution in [0, 0.1) is 23.1 Å². The van der Waals surface area contributed by atoms with E-state index in [1.165, 1.54) is 6.07 Å². The smallest absolute Gasteiger partial charge is 0.140 e. The van der Waals surface area contributed by atoms with Gasteiger partial charge in [0.15, 0.2) is 0 Å². The molecule has 1 nitrogen and oxygen atoms in total. The lowest BCUT2D eigenvalue weighted by molar-refractivity contribution is -0.123. The molecule has 1 fully saturated rings. The highest BCUT2D eigenvalue weighted by atomic mass is 79.9. The van der Waals surface area contributed by atoms with E-state index in [0.717, 1.165) is 31.2 Å². The first-order valence-electron chi connectivity index (χ1n) is 7.74. The Labute approximate surface area is 135 Å². The van der Waals surface area contributed by atoms with E-state index in [1.54, 1.807) is 6.07 Å². The van der Waals surface area contributed by atoms with E-state index in [9.17, 15) is 9.18 Å².